The van der Waals surface area contributed by atoms with Crippen LogP contribution < -0.4 is 10.2 Å². The number of benzene rings is 3. The summed E-state index contributed by atoms with van der Waals surface area (Å²) in [6, 6.07) is 20.0. The average molecular weight is 479 g/mol. The van der Waals surface area contributed by atoms with Crippen LogP contribution in [0.25, 0.3) is 0 Å². The number of hydrogen-bond acceptors (Lipinski definition) is 4. The van der Waals surface area contributed by atoms with E-state index >= 15 is 0 Å². The maximum Gasteiger partial charge on any atom is 0.325 e. The van der Waals surface area contributed by atoms with Crippen LogP contribution in [0.3, 0.4) is 0 Å². The number of nitrogens with one attached hydrogen (secondary N) is 1. The van der Waals surface area contributed by atoms with Crippen LogP contribution in [-0.2, 0) is 20.8 Å². The Morgan fingerprint density at radius 3 is 2.24 bits per heavy atom. The predicted octanol–water partition coefficient (Wildman–Crippen LogP) is 4.00. The third-order valence-corrected chi connectivity index (χ3v) is 6.93. The van der Waals surface area contributed by atoms with Gasteiger partial charge in [0, 0.05) is 17.5 Å². The number of amides is 2. The lowest BCUT2D eigenvalue weighted by Gasteiger charge is -2.31. The molecule has 172 valence electrons. The molecular formula is C26H20ClFN2O4. The van der Waals surface area contributed by atoms with Gasteiger partial charge in [-0.3, -0.25) is 19.7 Å². The molecule has 0 spiro atoms. The van der Waals surface area contributed by atoms with Crippen molar-refractivity contribution in [3.05, 3.63) is 101 Å². The van der Waals surface area contributed by atoms with Crippen molar-refractivity contribution in [3.63, 3.8) is 0 Å². The summed E-state index contributed by atoms with van der Waals surface area (Å²) >= 11 is 6.04. The van der Waals surface area contributed by atoms with Gasteiger partial charge in [-0.05, 0) is 47.5 Å². The minimum atomic E-state index is -1.72. The first-order chi connectivity index (χ1) is 16.3. The minimum absolute atomic E-state index is 0.00467. The average Bonchev–Trinajstić information content (AvgIpc) is 3.30. The summed E-state index contributed by atoms with van der Waals surface area (Å²) in [5.41, 5.74) is -0.150. The van der Waals surface area contributed by atoms with Crippen molar-refractivity contribution >= 4 is 35.1 Å². The number of fused-ring (bicyclic) bond motifs is 1. The number of carbonyl (C=O) groups excluding carboxylic acids is 2. The van der Waals surface area contributed by atoms with E-state index in [0.717, 1.165) is 17.0 Å². The Balaban J connectivity index is 1.65. The fraction of sp³-hybridized carbons (Fsp3) is 0.192. The van der Waals surface area contributed by atoms with Gasteiger partial charge in [0.15, 0.2) is 0 Å². The molecule has 2 heterocycles. The van der Waals surface area contributed by atoms with E-state index in [1.165, 1.54) is 12.1 Å². The van der Waals surface area contributed by atoms with E-state index in [0.29, 0.717) is 16.1 Å². The molecule has 2 aliphatic heterocycles. The quantitative estimate of drug-likeness (QED) is 0.541. The van der Waals surface area contributed by atoms with Crippen LogP contribution >= 0.6 is 11.6 Å². The number of nitrogens with zero attached hydrogens (tertiary/aromatic N) is 1. The van der Waals surface area contributed by atoms with E-state index < -0.39 is 47.0 Å². The standard InChI is InChI=1S/C26H20ClFN2O4/c27-17-8-6-16(7-9-17)22-20-21(24(32)30(23(20)31)19-12-10-18(28)11-13-19)26(29-22,25(33)34)14-15-4-2-1-3-5-15/h1-13,20-22,29H,14H2,(H,33,34)/t20-,21-,22-,26+/m0/s1. The molecule has 2 fully saturated rings. The Bertz CT molecular complexity index is 1270. The van der Waals surface area contributed by atoms with Crippen LogP contribution in [0, 0.1) is 17.7 Å². The van der Waals surface area contributed by atoms with Crippen molar-refractivity contribution in [3.8, 4) is 0 Å². The summed E-state index contributed by atoms with van der Waals surface area (Å²) in [6.45, 7) is 0. The fourth-order valence-electron chi connectivity index (χ4n) is 5.16. The molecule has 3 aromatic rings. The van der Waals surface area contributed by atoms with Crippen molar-refractivity contribution in [1.29, 1.82) is 0 Å². The molecule has 2 N–H and O–H groups in total. The first-order valence-corrected chi connectivity index (χ1v) is 11.1. The van der Waals surface area contributed by atoms with Gasteiger partial charge in [-0.2, -0.15) is 0 Å². The van der Waals surface area contributed by atoms with E-state index in [9.17, 15) is 23.9 Å². The summed E-state index contributed by atoms with van der Waals surface area (Å²) in [5, 5.41) is 14.1. The van der Waals surface area contributed by atoms with Crippen LogP contribution in [0.4, 0.5) is 10.1 Å². The van der Waals surface area contributed by atoms with E-state index in [1.54, 1.807) is 48.5 Å². The molecule has 0 aliphatic carbocycles. The Kier molecular flexibility index (Phi) is 5.46. The maximum atomic E-state index is 13.7. The minimum Gasteiger partial charge on any atom is -0.480 e. The SMILES string of the molecule is O=C1[C@H]2[C@@H](C(=O)N1c1ccc(F)cc1)[C@](Cc1ccccc1)(C(=O)O)N[C@H]2c1ccc(Cl)cc1. The zero-order valence-corrected chi connectivity index (χ0v) is 18.6. The lowest BCUT2D eigenvalue weighted by Crippen LogP contribution is -2.57. The summed E-state index contributed by atoms with van der Waals surface area (Å²) in [6.07, 6.45) is 0.00467. The Morgan fingerprint density at radius 2 is 1.62 bits per heavy atom. The lowest BCUT2D eigenvalue weighted by molar-refractivity contribution is -0.148. The molecule has 6 nitrogen and oxygen atoms in total. The summed E-state index contributed by atoms with van der Waals surface area (Å²) < 4.78 is 13.5. The molecule has 3 aromatic carbocycles. The van der Waals surface area contributed by atoms with Crippen LogP contribution in [0.15, 0.2) is 78.9 Å². The molecular weight excluding hydrogens is 459 g/mol. The van der Waals surface area contributed by atoms with Gasteiger partial charge in [0.25, 0.3) is 0 Å². The topological polar surface area (TPSA) is 86.7 Å². The van der Waals surface area contributed by atoms with Crippen molar-refractivity contribution < 1.29 is 23.9 Å². The Morgan fingerprint density at radius 1 is 0.971 bits per heavy atom. The van der Waals surface area contributed by atoms with Crippen molar-refractivity contribution in [2.75, 3.05) is 4.90 Å². The van der Waals surface area contributed by atoms with E-state index in [4.69, 9.17) is 11.6 Å². The number of hydrogen-bond donors (Lipinski definition) is 2. The first kappa shape index (κ1) is 22.3. The van der Waals surface area contributed by atoms with Crippen LogP contribution in [-0.4, -0.2) is 28.4 Å². The van der Waals surface area contributed by atoms with Gasteiger partial charge < -0.3 is 5.11 Å². The van der Waals surface area contributed by atoms with E-state index in [1.807, 2.05) is 6.07 Å². The number of anilines is 1. The molecule has 0 unspecified atom stereocenters. The maximum absolute atomic E-state index is 13.7. The van der Waals surface area contributed by atoms with Gasteiger partial charge in [0.05, 0.1) is 17.5 Å². The number of halogens is 2. The summed E-state index contributed by atoms with van der Waals surface area (Å²) in [7, 11) is 0. The molecule has 0 bridgehead atoms. The van der Waals surface area contributed by atoms with Gasteiger partial charge in [0.1, 0.15) is 11.4 Å². The van der Waals surface area contributed by atoms with Gasteiger partial charge >= 0.3 is 5.97 Å². The number of aliphatic carboxylic acids is 1. The zero-order chi connectivity index (χ0) is 24.0. The lowest BCUT2D eigenvalue weighted by atomic mass is 9.76. The van der Waals surface area contributed by atoms with Crippen LogP contribution in [0.2, 0.25) is 5.02 Å². The molecule has 0 radical (unpaired) electrons. The highest BCUT2D eigenvalue weighted by atomic mass is 35.5. The monoisotopic (exact) mass is 478 g/mol. The first-order valence-electron chi connectivity index (χ1n) is 10.8. The molecule has 2 amide bonds. The van der Waals surface area contributed by atoms with E-state index in [-0.39, 0.29) is 12.1 Å². The van der Waals surface area contributed by atoms with Crippen LogP contribution in [0.5, 0.6) is 0 Å². The third kappa shape index (κ3) is 3.48. The van der Waals surface area contributed by atoms with Crippen LogP contribution in [0.1, 0.15) is 17.2 Å². The molecule has 2 saturated heterocycles. The highest BCUT2D eigenvalue weighted by Crippen LogP contribution is 2.51. The highest BCUT2D eigenvalue weighted by Gasteiger charge is 2.68. The van der Waals surface area contributed by atoms with Gasteiger partial charge in [-0.15, -0.1) is 0 Å². The van der Waals surface area contributed by atoms with Gasteiger partial charge in [-0.1, -0.05) is 54.1 Å². The predicted molar refractivity (Wildman–Crippen MR) is 124 cm³/mol. The summed E-state index contributed by atoms with van der Waals surface area (Å²) in [4.78, 5) is 41.2. The normalized spacial score (nSPS) is 26.1. The number of carbonyl (C=O) groups is 3. The molecule has 5 rings (SSSR count). The van der Waals surface area contributed by atoms with E-state index in [2.05, 4.69) is 5.32 Å². The number of carboxylic acids is 1. The smallest absolute Gasteiger partial charge is 0.325 e. The molecule has 8 heteroatoms. The van der Waals surface area contributed by atoms with Crippen molar-refractivity contribution in [1.82, 2.24) is 5.32 Å². The summed E-state index contributed by atoms with van der Waals surface area (Å²) in [5.74, 6) is -4.99. The second-order valence-electron chi connectivity index (χ2n) is 8.60. The van der Waals surface area contributed by atoms with Crippen molar-refractivity contribution in [2.24, 2.45) is 11.8 Å². The van der Waals surface area contributed by atoms with Crippen molar-refractivity contribution in [2.45, 2.75) is 18.0 Å². The molecule has 34 heavy (non-hydrogen) atoms. The fourth-order valence-corrected chi connectivity index (χ4v) is 5.28. The number of carboxylic acid groups (broad SMARTS) is 1. The van der Waals surface area contributed by atoms with Gasteiger partial charge in [-0.25, -0.2) is 9.29 Å². The second-order valence-corrected chi connectivity index (χ2v) is 9.04. The zero-order valence-electron chi connectivity index (χ0n) is 17.8. The Labute approximate surface area is 200 Å². The number of imide groups is 1. The third-order valence-electron chi connectivity index (χ3n) is 6.68. The molecule has 0 aromatic heterocycles. The molecule has 4 atom stereocenters. The molecule has 2 aliphatic rings. The highest BCUT2D eigenvalue weighted by molar-refractivity contribution is 6.30. The molecule has 0 saturated carbocycles. The second kappa shape index (κ2) is 8.34. The Hall–Kier alpha value is -3.55. The van der Waals surface area contributed by atoms with Gasteiger partial charge in [0.2, 0.25) is 11.8 Å². The number of rotatable bonds is 5. The largest absolute Gasteiger partial charge is 0.480 e.